The smallest absolute Gasteiger partial charge is 0.380 e. The lowest BCUT2D eigenvalue weighted by Gasteiger charge is -2.15. The summed E-state index contributed by atoms with van der Waals surface area (Å²) in [5, 5.41) is 3.38. The Bertz CT molecular complexity index is 524. The van der Waals surface area contributed by atoms with Gasteiger partial charge < -0.3 is 16.4 Å². The molecular weight excluding hydrogens is 248 g/mol. The van der Waals surface area contributed by atoms with E-state index in [1.165, 1.54) is 0 Å². The lowest BCUT2D eigenvalue weighted by molar-refractivity contribution is -0.117. The second-order valence-electron chi connectivity index (χ2n) is 4.08. The Morgan fingerprint density at radius 3 is 2.47 bits per heavy atom. The monoisotopic (exact) mass is 262 g/mol. The minimum Gasteiger partial charge on any atom is -0.380 e. The first kappa shape index (κ1) is 12.9. The summed E-state index contributed by atoms with van der Waals surface area (Å²) in [6.45, 7) is 0.729. The maximum atomic E-state index is 11.6. The largest absolute Gasteiger partial charge is 0.430 e. The van der Waals surface area contributed by atoms with Crippen molar-refractivity contribution in [3.05, 3.63) is 29.8 Å². The van der Waals surface area contributed by atoms with Gasteiger partial charge in [-0.1, -0.05) is 5.16 Å². The zero-order valence-corrected chi connectivity index (χ0v) is 10.2. The molecule has 0 radical (unpaired) electrons. The second kappa shape index (κ2) is 5.38. The van der Waals surface area contributed by atoms with Crippen LogP contribution in [-0.2, 0) is 9.63 Å². The number of amides is 2. The van der Waals surface area contributed by atoms with E-state index >= 15 is 0 Å². The Morgan fingerprint density at radius 1 is 1.26 bits per heavy atom. The SMILES string of the molecule is NC(=O)O/N=C(\N)c1ccc(N2CCCC2=O)cc1. The third kappa shape index (κ3) is 3.01. The van der Waals surface area contributed by atoms with Crippen LogP contribution >= 0.6 is 0 Å². The van der Waals surface area contributed by atoms with E-state index < -0.39 is 6.09 Å². The molecule has 1 aromatic rings. The molecule has 0 atom stereocenters. The highest BCUT2D eigenvalue weighted by Gasteiger charge is 2.21. The van der Waals surface area contributed by atoms with Gasteiger partial charge in [0, 0.05) is 24.2 Å². The normalized spacial score (nSPS) is 15.7. The lowest BCUT2D eigenvalue weighted by Crippen LogP contribution is -2.23. The number of hydrogen-bond acceptors (Lipinski definition) is 4. The summed E-state index contributed by atoms with van der Waals surface area (Å²) in [7, 11) is 0. The van der Waals surface area contributed by atoms with Gasteiger partial charge in [-0.25, -0.2) is 4.79 Å². The second-order valence-corrected chi connectivity index (χ2v) is 4.08. The Kier molecular flexibility index (Phi) is 3.65. The van der Waals surface area contributed by atoms with Crippen molar-refractivity contribution in [1.29, 1.82) is 0 Å². The molecule has 0 aromatic heterocycles. The van der Waals surface area contributed by atoms with Crippen LogP contribution in [0.2, 0.25) is 0 Å². The van der Waals surface area contributed by atoms with E-state index in [1.807, 2.05) is 0 Å². The van der Waals surface area contributed by atoms with Crippen molar-refractivity contribution in [2.24, 2.45) is 16.6 Å². The molecule has 1 heterocycles. The number of hydrogen-bond donors (Lipinski definition) is 2. The molecule has 19 heavy (non-hydrogen) atoms. The molecule has 1 aromatic carbocycles. The van der Waals surface area contributed by atoms with Gasteiger partial charge in [-0.05, 0) is 30.7 Å². The predicted octanol–water partition coefficient (Wildman–Crippen LogP) is 0.529. The minimum absolute atomic E-state index is 0.0399. The molecule has 0 spiro atoms. The molecule has 1 saturated heterocycles. The molecule has 0 bridgehead atoms. The number of rotatable bonds is 3. The maximum Gasteiger partial charge on any atom is 0.430 e. The van der Waals surface area contributed by atoms with E-state index in [-0.39, 0.29) is 11.7 Å². The maximum absolute atomic E-state index is 11.6. The molecule has 2 amide bonds. The van der Waals surface area contributed by atoms with Crippen molar-refractivity contribution < 1.29 is 14.4 Å². The van der Waals surface area contributed by atoms with E-state index in [4.69, 9.17) is 11.5 Å². The van der Waals surface area contributed by atoms with Crippen molar-refractivity contribution >= 4 is 23.5 Å². The lowest BCUT2D eigenvalue weighted by atomic mass is 10.2. The van der Waals surface area contributed by atoms with Crippen molar-refractivity contribution in [3.8, 4) is 0 Å². The van der Waals surface area contributed by atoms with Crippen LogP contribution in [0.1, 0.15) is 18.4 Å². The van der Waals surface area contributed by atoms with E-state index in [1.54, 1.807) is 29.2 Å². The van der Waals surface area contributed by atoms with Gasteiger partial charge in [0.1, 0.15) is 0 Å². The third-order valence-electron chi connectivity index (χ3n) is 2.78. The van der Waals surface area contributed by atoms with Gasteiger partial charge in [-0.3, -0.25) is 9.63 Å². The van der Waals surface area contributed by atoms with Gasteiger partial charge in [-0.2, -0.15) is 0 Å². The first-order chi connectivity index (χ1) is 9.08. The highest BCUT2D eigenvalue weighted by atomic mass is 16.7. The summed E-state index contributed by atoms with van der Waals surface area (Å²) in [5.74, 6) is 0.157. The standard InChI is InChI=1S/C12H14N4O3/c13-11(15-19-12(14)18)8-3-5-9(6-4-8)16-7-1-2-10(16)17/h3-6H,1-2,7H2,(H2,13,15)(H2,14,18). The highest BCUT2D eigenvalue weighted by Crippen LogP contribution is 2.21. The molecule has 7 nitrogen and oxygen atoms in total. The molecule has 1 aliphatic heterocycles. The van der Waals surface area contributed by atoms with Crippen LogP contribution in [0.25, 0.3) is 0 Å². The first-order valence-electron chi connectivity index (χ1n) is 5.78. The molecular formula is C12H14N4O3. The Balaban J connectivity index is 2.12. The number of amidine groups is 1. The van der Waals surface area contributed by atoms with Gasteiger partial charge in [0.25, 0.3) is 0 Å². The van der Waals surface area contributed by atoms with Gasteiger partial charge in [0.15, 0.2) is 5.84 Å². The average Bonchev–Trinajstić information content (AvgIpc) is 2.82. The first-order valence-corrected chi connectivity index (χ1v) is 5.78. The number of nitrogens with zero attached hydrogens (tertiary/aromatic N) is 2. The molecule has 1 aliphatic rings. The van der Waals surface area contributed by atoms with Crippen LogP contribution in [0.5, 0.6) is 0 Å². The zero-order valence-electron chi connectivity index (χ0n) is 10.2. The zero-order chi connectivity index (χ0) is 13.8. The predicted molar refractivity (Wildman–Crippen MR) is 69.4 cm³/mol. The minimum atomic E-state index is -1.03. The summed E-state index contributed by atoms with van der Waals surface area (Å²) < 4.78 is 0. The molecule has 7 heteroatoms. The van der Waals surface area contributed by atoms with Crippen LogP contribution < -0.4 is 16.4 Å². The topological polar surface area (TPSA) is 111 Å². The number of carbonyl (C=O) groups excluding carboxylic acids is 2. The van der Waals surface area contributed by atoms with Crippen molar-refractivity contribution in [1.82, 2.24) is 0 Å². The number of oxime groups is 1. The number of primary amides is 1. The average molecular weight is 262 g/mol. The fourth-order valence-corrected chi connectivity index (χ4v) is 1.88. The highest BCUT2D eigenvalue weighted by molar-refractivity contribution is 5.99. The fourth-order valence-electron chi connectivity index (χ4n) is 1.88. The van der Waals surface area contributed by atoms with Crippen LogP contribution in [0.4, 0.5) is 10.5 Å². The van der Waals surface area contributed by atoms with E-state index in [0.29, 0.717) is 12.0 Å². The third-order valence-corrected chi connectivity index (χ3v) is 2.78. The van der Waals surface area contributed by atoms with E-state index in [2.05, 4.69) is 9.99 Å². The summed E-state index contributed by atoms with van der Waals surface area (Å²) >= 11 is 0. The van der Waals surface area contributed by atoms with Crippen LogP contribution in [-0.4, -0.2) is 24.4 Å². The Morgan fingerprint density at radius 2 is 1.95 bits per heavy atom. The van der Waals surface area contributed by atoms with Gasteiger partial charge >= 0.3 is 6.09 Å². The number of nitrogens with two attached hydrogens (primary N) is 2. The summed E-state index contributed by atoms with van der Waals surface area (Å²) in [6, 6.07) is 6.94. The van der Waals surface area contributed by atoms with E-state index in [9.17, 15) is 9.59 Å². The van der Waals surface area contributed by atoms with Gasteiger partial charge in [0.05, 0.1) is 0 Å². The van der Waals surface area contributed by atoms with Crippen molar-refractivity contribution in [2.45, 2.75) is 12.8 Å². The molecule has 0 saturated carbocycles. The van der Waals surface area contributed by atoms with Crippen molar-refractivity contribution in [3.63, 3.8) is 0 Å². The number of anilines is 1. The summed E-state index contributed by atoms with van der Waals surface area (Å²) in [6.07, 6.45) is 0.427. The molecule has 0 unspecified atom stereocenters. The van der Waals surface area contributed by atoms with Gasteiger partial charge in [-0.15, -0.1) is 0 Å². The quantitative estimate of drug-likeness (QED) is 0.358. The molecule has 1 fully saturated rings. The van der Waals surface area contributed by atoms with Crippen LogP contribution in [0, 0.1) is 0 Å². The summed E-state index contributed by atoms with van der Waals surface area (Å²) in [5.41, 5.74) is 11.8. The molecule has 0 aliphatic carbocycles. The van der Waals surface area contributed by atoms with Gasteiger partial charge in [0.2, 0.25) is 5.91 Å². The number of carbonyl (C=O) groups is 2. The van der Waals surface area contributed by atoms with Crippen LogP contribution in [0.3, 0.4) is 0 Å². The summed E-state index contributed by atoms with van der Waals surface area (Å²) in [4.78, 5) is 27.9. The van der Waals surface area contributed by atoms with Crippen LogP contribution in [0.15, 0.2) is 29.4 Å². The molecule has 2 rings (SSSR count). The van der Waals surface area contributed by atoms with E-state index in [0.717, 1.165) is 18.7 Å². The Hall–Kier alpha value is -2.57. The molecule has 4 N–H and O–H groups in total. The van der Waals surface area contributed by atoms with Crippen molar-refractivity contribution in [2.75, 3.05) is 11.4 Å². The fraction of sp³-hybridized carbons (Fsp3) is 0.250. The Labute approximate surface area is 109 Å². The number of benzene rings is 1. The molecule has 100 valence electrons.